The molecule has 2 N–H and O–H groups in total. The standard InChI is InChI=1S/C11H14ClNOS/c1-7-10(4-5-15-7)13-8-2-3-11(14)9(12)6-8/h2-3,6-7,10,13-14H,4-5H2,1H3. The molecule has 2 unspecified atom stereocenters. The molecule has 2 rings (SSSR count). The third kappa shape index (κ3) is 2.52. The third-order valence-corrected chi connectivity index (χ3v) is 4.30. The van der Waals surface area contributed by atoms with Crippen molar-refractivity contribution in [1.82, 2.24) is 0 Å². The van der Waals surface area contributed by atoms with Crippen molar-refractivity contribution in [2.75, 3.05) is 11.1 Å². The molecule has 0 radical (unpaired) electrons. The van der Waals surface area contributed by atoms with Gasteiger partial charge in [-0.1, -0.05) is 18.5 Å². The van der Waals surface area contributed by atoms with Gasteiger partial charge in [0, 0.05) is 17.0 Å². The van der Waals surface area contributed by atoms with Crippen molar-refractivity contribution in [3.8, 4) is 5.75 Å². The molecule has 2 atom stereocenters. The first-order chi connectivity index (χ1) is 7.16. The van der Waals surface area contributed by atoms with E-state index in [1.54, 1.807) is 12.1 Å². The number of hydrogen-bond acceptors (Lipinski definition) is 3. The molecule has 0 aromatic heterocycles. The maximum atomic E-state index is 9.29. The molecule has 82 valence electrons. The minimum Gasteiger partial charge on any atom is -0.506 e. The highest BCUT2D eigenvalue weighted by Crippen LogP contribution is 2.31. The summed E-state index contributed by atoms with van der Waals surface area (Å²) >= 11 is 7.83. The van der Waals surface area contributed by atoms with E-state index in [1.807, 2.05) is 17.8 Å². The van der Waals surface area contributed by atoms with Gasteiger partial charge in [-0.15, -0.1) is 0 Å². The monoisotopic (exact) mass is 243 g/mol. The number of aromatic hydroxyl groups is 1. The fourth-order valence-electron chi connectivity index (χ4n) is 1.73. The summed E-state index contributed by atoms with van der Waals surface area (Å²) in [4.78, 5) is 0. The molecule has 1 aromatic rings. The molecule has 0 saturated carbocycles. The average molecular weight is 244 g/mol. The Morgan fingerprint density at radius 3 is 2.93 bits per heavy atom. The van der Waals surface area contributed by atoms with Gasteiger partial charge in [-0.3, -0.25) is 0 Å². The highest BCUT2D eigenvalue weighted by atomic mass is 35.5. The molecule has 4 heteroatoms. The van der Waals surface area contributed by atoms with Crippen molar-refractivity contribution in [3.63, 3.8) is 0 Å². The van der Waals surface area contributed by atoms with E-state index in [9.17, 15) is 5.11 Å². The fraction of sp³-hybridized carbons (Fsp3) is 0.455. The lowest BCUT2D eigenvalue weighted by Crippen LogP contribution is -2.24. The Balaban J connectivity index is 2.07. The minimum atomic E-state index is 0.135. The highest BCUT2D eigenvalue weighted by Gasteiger charge is 2.23. The lowest BCUT2D eigenvalue weighted by atomic mass is 10.1. The van der Waals surface area contributed by atoms with Crippen LogP contribution in [0.1, 0.15) is 13.3 Å². The van der Waals surface area contributed by atoms with Gasteiger partial charge >= 0.3 is 0 Å². The zero-order valence-electron chi connectivity index (χ0n) is 8.53. The number of phenols is 1. The summed E-state index contributed by atoms with van der Waals surface area (Å²) in [5.41, 5.74) is 0.983. The van der Waals surface area contributed by atoms with Gasteiger partial charge in [-0.05, 0) is 30.4 Å². The van der Waals surface area contributed by atoms with Gasteiger partial charge in [0.05, 0.1) is 5.02 Å². The molecular weight excluding hydrogens is 230 g/mol. The molecular formula is C11H14ClNOS. The van der Waals surface area contributed by atoms with Gasteiger partial charge in [0.25, 0.3) is 0 Å². The summed E-state index contributed by atoms with van der Waals surface area (Å²) < 4.78 is 0. The Bertz CT molecular complexity index is 358. The van der Waals surface area contributed by atoms with E-state index >= 15 is 0 Å². The Morgan fingerprint density at radius 2 is 2.33 bits per heavy atom. The minimum absolute atomic E-state index is 0.135. The number of thioether (sulfide) groups is 1. The van der Waals surface area contributed by atoms with Crippen molar-refractivity contribution in [1.29, 1.82) is 0 Å². The van der Waals surface area contributed by atoms with Crippen LogP contribution in [0.15, 0.2) is 18.2 Å². The first-order valence-electron chi connectivity index (χ1n) is 5.03. The average Bonchev–Trinajstić information content (AvgIpc) is 2.59. The van der Waals surface area contributed by atoms with E-state index in [0.29, 0.717) is 16.3 Å². The molecule has 0 bridgehead atoms. The molecule has 1 aromatic carbocycles. The lowest BCUT2D eigenvalue weighted by Gasteiger charge is -2.18. The number of halogens is 1. The molecule has 15 heavy (non-hydrogen) atoms. The van der Waals surface area contributed by atoms with Gasteiger partial charge in [0.2, 0.25) is 0 Å². The lowest BCUT2D eigenvalue weighted by molar-refractivity contribution is 0.475. The first kappa shape index (κ1) is 11.0. The van der Waals surface area contributed by atoms with Crippen LogP contribution in [0.2, 0.25) is 5.02 Å². The topological polar surface area (TPSA) is 32.3 Å². The Hall–Kier alpha value is -0.540. The zero-order valence-corrected chi connectivity index (χ0v) is 10.1. The summed E-state index contributed by atoms with van der Waals surface area (Å²) in [5.74, 6) is 1.35. The molecule has 1 aliphatic rings. The number of benzene rings is 1. The van der Waals surface area contributed by atoms with E-state index < -0.39 is 0 Å². The normalized spacial score (nSPS) is 25.5. The summed E-state index contributed by atoms with van der Waals surface area (Å²) in [5, 5.41) is 13.8. The Kier molecular flexibility index (Phi) is 3.32. The second kappa shape index (κ2) is 4.54. The van der Waals surface area contributed by atoms with Crippen LogP contribution in [0.25, 0.3) is 0 Å². The second-order valence-electron chi connectivity index (χ2n) is 3.78. The van der Waals surface area contributed by atoms with Gasteiger partial charge in [-0.25, -0.2) is 0 Å². The van der Waals surface area contributed by atoms with Crippen LogP contribution in [-0.4, -0.2) is 22.2 Å². The van der Waals surface area contributed by atoms with Crippen LogP contribution in [0.4, 0.5) is 5.69 Å². The number of phenolic OH excluding ortho intramolecular Hbond substituents is 1. The largest absolute Gasteiger partial charge is 0.506 e. The van der Waals surface area contributed by atoms with Crippen LogP contribution >= 0.6 is 23.4 Å². The van der Waals surface area contributed by atoms with Gasteiger partial charge < -0.3 is 10.4 Å². The smallest absolute Gasteiger partial charge is 0.134 e. The predicted molar refractivity (Wildman–Crippen MR) is 67.1 cm³/mol. The van der Waals surface area contributed by atoms with E-state index in [2.05, 4.69) is 12.2 Å². The number of anilines is 1. The van der Waals surface area contributed by atoms with Crippen molar-refractivity contribution in [2.45, 2.75) is 24.6 Å². The number of rotatable bonds is 2. The molecule has 0 aliphatic carbocycles. The van der Waals surface area contributed by atoms with E-state index in [-0.39, 0.29) is 5.75 Å². The molecule has 1 heterocycles. The van der Waals surface area contributed by atoms with Crippen molar-refractivity contribution in [2.24, 2.45) is 0 Å². The summed E-state index contributed by atoms with van der Waals surface area (Å²) in [6.45, 7) is 2.23. The molecule has 1 fully saturated rings. The zero-order chi connectivity index (χ0) is 10.8. The van der Waals surface area contributed by atoms with Crippen LogP contribution < -0.4 is 5.32 Å². The van der Waals surface area contributed by atoms with E-state index in [0.717, 1.165) is 5.69 Å². The SMILES string of the molecule is CC1SCCC1Nc1ccc(O)c(Cl)c1. The molecule has 0 spiro atoms. The van der Waals surface area contributed by atoms with Gasteiger partial charge in [0.15, 0.2) is 0 Å². The fourth-order valence-corrected chi connectivity index (χ4v) is 3.11. The summed E-state index contributed by atoms with van der Waals surface area (Å²) in [6, 6.07) is 5.76. The Labute approximate surface area is 99.0 Å². The Morgan fingerprint density at radius 1 is 1.53 bits per heavy atom. The third-order valence-electron chi connectivity index (χ3n) is 2.68. The number of hydrogen-bond donors (Lipinski definition) is 2. The summed E-state index contributed by atoms with van der Waals surface area (Å²) in [6.07, 6.45) is 1.18. The van der Waals surface area contributed by atoms with Crippen LogP contribution in [0.3, 0.4) is 0 Å². The van der Waals surface area contributed by atoms with Gasteiger partial charge in [-0.2, -0.15) is 11.8 Å². The quantitative estimate of drug-likeness (QED) is 0.782. The van der Waals surface area contributed by atoms with E-state index in [1.165, 1.54) is 12.2 Å². The van der Waals surface area contributed by atoms with E-state index in [4.69, 9.17) is 11.6 Å². The maximum Gasteiger partial charge on any atom is 0.134 e. The molecule has 0 amide bonds. The van der Waals surface area contributed by atoms with Gasteiger partial charge in [0.1, 0.15) is 5.75 Å². The van der Waals surface area contributed by atoms with Crippen molar-refractivity contribution >= 4 is 29.1 Å². The predicted octanol–water partition coefficient (Wildman–Crippen LogP) is 3.35. The molecule has 2 nitrogen and oxygen atoms in total. The van der Waals surface area contributed by atoms with Crippen LogP contribution in [0, 0.1) is 0 Å². The molecule has 1 saturated heterocycles. The van der Waals surface area contributed by atoms with Crippen molar-refractivity contribution in [3.05, 3.63) is 23.2 Å². The van der Waals surface area contributed by atoms with Crippen LogP contribution in [0.5, 0.6) is 5.75 Å². The number of nitrogens with one attached hydrogen (secondary N) is 1. The maximum absolute atomic E-state index is 9.29. The molecule has 1 aliphatic heterocycles. The van der Waals surface area contributed by atoms with Crippen molar-refractivity contribution < 1.29 is 5.11 Å². The first-order valence-corrected chi connectivity index (χ1v) is 6.46. The second-order valence-corrected chi connectivity index (χ2v) is 5.67. The summed E-state index contributed by atoms with van der Waals surface area (Å²) in [7, 11) is 0. The highest BCUT2D eigenvalue weighted by molar-refractivity contribution is 8.00. The van der Waals surface area contributed by atoms with Crippen LogP contribution in [-0.2, 0) is 0 Å².